The Bertz CT molecular complexity index is 2270. The minimum absolute atomic E-state index is 0.0288. The summed E-state index contributed by atoms with van der Waals surface area (Å²) in [5, 5.41) is 41.5. The van der Waals surface area contributed by atoms with Crippen molar-refractivity contribution in [3.63, 3.8) is 0 Å². The van der Waals surface area contributed by atoms with Gasteiger partial charge in [0.1, 0.15) is 36.3 Å². The number of hydrogen-bond acceptors (Lipinski definition) is 11. The van der Waals surface area contributed by atoms with Crippen molar-refractivity contribution in [3.05, 3.63) is 71.9 Å². The Hall–Kier alpha value is -7.36. The zero-order chi connectivity index (χ0) is 48.7. The number of amides is 7. The Morgan fingerprint density at radius 2 is 1.33 bits per heavy atom. The predicted molar refractivity (Wildman–Crippen MR) is 235 cm³/mol. The van der Waals surface area contributed by atoms with E-state index in [2.05, 4.69) is 31.6 Å². The highest BCUT2D eigenvalue weighted by atomic mass is 16.4. The summed E-state index contributed by atoms with van der Waals surface area (Å²) in [5.41, 5.74) is 13.0. The number of H-pyrrole nitrogens is 1. The molecule has 0 radical (unpaired) electrons. The molecule has 66 heavy (non-hydrogen) atoms. The molecule has 1 saturated heterocycles. The van der Waals surface area contributed by atoms with Crippen LogP contribution in [-0.4, -0.2) is 133 Å². The molecular formula is C44H57N9O13. The summed E-state index contributed by atoms with van der Waals surface area (Å²) in [4.78, 5) is 134. The molecule has 22 nitrogen and oxygen atoms in total. The highest BCUT2D eigenvalue weighted by Gasteiger charge is 2.40. The van der Waals surface area contributed by atoms with Crippen LogP contribution in [0.2, 0.25) is 0 Å². The van der Waals surface area contributed by atoms with Crippen molar-refractivity contribution in [2.24, 2.45) is 17.4 Å². The lowest BCUT2D eigenvalue weighted by atomic mass is 10.0. The van der Waals surface area contributed by atoms with E-state index in [1.165, 1.54) is 4.90 Å². The zero-order valence-corrected chi connectivity index (χ0v) is 36.5. The average molecular weight is 920 g/mol. The standard InChI is InChI=1S/C44H57N9O13/c1-23(2)37(44(65)66)52-39(60)29(15-16-34(46)54)48-40(61)30(20-25-22-47-28-12-7-6-11-26(25)28)50-42(63)33-13-8-18-53(33)43(64)32(19-24-9-4-3-5-10-24)51-41(62)31(21-36(57)58)49-38(59)27(45)14-17-35(55)56/h3-7,9-12,22-23,27,29-33,37,47H,8,13-21,45H2,1-2H3,(H2,46,54)(H,48,61)(H,49,59)(H,50,63)(H,51,62)(H,52,60)(H,55,56)(H,57,58)(H,65,66). The van der Waals surface area contributed by atoms with Crippen molar-refractivity contribution in [1.82, 2.24) is 36.5 Å². The molecule has 7 amide bonds. The number of carboxylic acid groups (broad SMARTS) is 3. The molecule has 7 atom stereocenters. The van der Waals surface area contributed by atoms with Gasteiger partial charge in [0.05, 0.1) is 12.5 Å². The van der Waals surface area contributed by atoms with Crippen LogP contribution in [0, 0.1) is 5.92 Å². The van der Waals surface area contributed by atoms with Crippen molar-refractivity contribution >= 4 is 70.2 Å². The van der Waals surface area contributed by atoms with Gasteiger partial charge in [-0.1, -0.05) is 62.4 Å². The number of likely N-dealkylation sites (tertiary alicyclic amines) is 1. The number of rotatable bonds is 25. The van der Waals surface area contributed by atoms with E-state index in [-0.39, 0.29) is 45.1 Å². The normalized spacial score (nSPS) is 16.2. The smallest absolute Gasteiger partial charge is 0.326 e. The van der Waals surface area contributed by atoms with E-state index >= 15 is 0 Å². The van der Waals surface area contributed by atoms with Crippen molar-refractivity contribution < 1.29 is 63.3 Å². The first-order chi connectivity index (χ1) is 31.2. The Balaban J connectivity index is 1.63. The fourth-order valence-electron chi connectivity index (χ4n) is 7.49. The largest absolute Gasteiger partial charge is 0.481 e. The summed E-state index contributed by atoms with van der Waals surface area (Å²) in [6, 6.07) is 5.61. The van der Waals surface area contributed by atoms with Gasteiger partial charge in [-0.05, 0) is 48.8 Å². The minimum atomic E-state index is -1.74. The van der Waals surface area contributed by atoms with Gasteiger partial charge < -0.3 is 63.3 Å². The van der Waals surface area contributed by atoms with Crippen LogP contribution in [0.1, 0.15) is 69.9 Å². The molecule has 356 valence electrons. The van der Waals surface area contributed by atoms with Gasteiger partial charge in [0.15, 0.2) is 0 Å². The topological polar surface area (TPSA) is 363 Å². The fourth-order valence-corrected chi connectivity index (χ4v) is 7.49. The van der Waals surface area contributed by atoms with Crippen molar-refractivity contribution in [1.29, 1.82) is 0 Å². The third kappa shape index (κ3) is 14.9. The van der Waals surface area contributed by atoms with Crippen LogP contribution in [0.3, 0.4) is 0 Å². The fraction of sp³-hybridized carbons (Fsp3) is 0.455. The first-order valence-corrected chi connectivity index (χ1v) is 21.4. The lowest BCUT2D eigenvalue weighted by molar-refractivity contribution is -0.144. The van der Waals surface area contributed by atoms with Gasteiger partial charge in [0.2, 0.25) is 41.4 Å². The van der Waals surface area contributed by atoms with E-state index in [0.29, 0.717) is 22.9 Å². The lowest BCUT2D eigenvalue weighted by Crippen LogP contribution is -2.60. The van der Waals surface area contributed by atoms with Crippen molar-refractivity contribution in [3.8, 4) is 0 Å². The number of carboxylic acids is 3. The molecule has 0 spiro atoms. The third-order valence-electron chi connectivity index (χ3n) is 11.0. The van der Waals surface area contributed by atoms with Gasteiger partial charge in [-0.15, -0.1) is 0 Å². The van der Waals surface area contributed by atoms with Crippen LogP contribution < -0.4 is 38.1 Å². The maximum Gasteiger partial charge on any atom is 0.326 e. The molecular weight excluding hydrogens is 863 g/mol. The third-order valence-corrected chi connectivity index (χ3v) is 11.0. The Labute approximate surface area is 379 Å². The van der Waals surface area contributed by atoms with E-state index in [4.69, 9.17) is 16.6 Å². The molecule has 2 heterocycles. The van der Waals surface area contributed by atoms with Gasteiger partial charge in [-0.2, -0.15) is 0 Å². The molecule has 0 bridgehead atoms. The van der Waals surface area contributed by atoms with Gasteiger partial charge in [-0.25, -0.2) is 4.79 Å². The van der Waals surface area contributed by atoms with E-state index in [1.807, 2.05) is 0 Å². The minimum Gasteiger partial charge on any atom is -0.481 e. The van der Waals surface area contributed by atoms with Gasteiger partial charge in [-0.3, -0.25) is 43.2 Å². The molecule has 1 aromatic heterocycles. The number of benzene rings is 2. The van der Waals surface area contributed by atoms with E-state index in [1.54, 1.807) is 74.6 Å². The van der Waals surface area contributed by atoms with Crippen LogP contribution in [-0.2, 0) is 60.8 Å². The number of para-hydroxylation sites is 1. The van der Waals surface area contributed by atoms with Crippen LogP contribution in [0.25, 0.3) is 10.9 Å². The maximum absolute atomic E-state index is 14.5. The Morgan fingerprint density at radius 3 is 1.97 bits per heavy atom. The molecule has 22 heteroatoms. The molecule has 0 saturated carbocycles. The lowest BCUT2D eigenvalue weighted by Gasteiger charge is -2.31. The number of carbonyl (C=O) groups is 10. The monoisotopic (exact) mass is 919 g/mol. The molecule has 4 rings (SSSR count). The van der Waals surface area contributed by atoms with E-state index in [0.717, 1.165) is 5.52 Å². The molecule has 1 aliphatic rings. The highest BCUT2D eigenvalue weighted by Crippen LogP contribution is 2.23. The number of primary amides is 1. The average Bonchev–Trinajstić information content (AvgIpc) is 3.93. The number of carbonyl (C=O) groups excluding carboxylic acids is 7. The predicted octanol–water partition coefficient (Wildman–Crippen LogP) is -0.959. The van der Waals surface area contributed by atoms with Crippen molar-refractivity contribution in [2.45, 2.75) is 114 Å². The molecule has 1 aliphatic heterocycles. The summed E-state index contributed by atoms with van der Waals surface area (Å²) in [6.45, 7) is 3.17. The number of aromatic amines is 1. The molecule has 0 aliphatic carbocycles. The summed E-state index contributed by atoms with van der Waals surface area (Å²) in [7, 11) is 0. The SMILES string of the molecule is CC(C)C(NC(=O)C(CCC(N)=O)NC(=O)C(Cc1c[nH]c2ccccc12)NC(=O)C1CCCN1C(=O)C(Cc1ccccc1)NC(=O)C(CC(=O)O)NC(=O)C(N)CCC(=O)O)C(=O)O. The van der Waals surface area contributed by atoms with Gasteiger partial charge in [0, 0.05) is 49.3 Å². The molecule has 2 aromatic carbocycles. The quantitative estimate of drug-likeness (QED) is 0.0488. The molecule has 3 aromatic rings. The summed E-state index contributed by atoms with van der Waals surface area (Å²) in [5.74, 6) is -10.8. The maximum atomic E-state index is 14.5. The van der Waals surface area contributed by atoms with E-state index in [9.17, 15) is 58.2 Å². The Kier molecular flexibility index (Phi) is 18.7. The van der Waals surface area contributed by atoms with E-state index < -0.39 is 120 Å². The first kappa shape index (κ1) is 51.3. The van der Waals surface area contributed by atoms with Gasteiger partial charge >= 0.3 is 17.9 Å². The number of nitrogens with one attached hydrogen (secondary N) is 6. The number of hydrogen-bond donors (Lipinski definition) is 11. The number of nitrogens with zero attached hydrogens (tertiary/aromatic N) is 1. The first-order valence-electron chi connectivity index (χ1n) is 21.4. The Morgan fingerprint density at radius 1 is 0.712 bits per heavy atom. The van der Waals surface area contributed by atoms with Crippen LogP contribution in [0.5, 0.6) is 0 Å². The molecule has 1 fully saturated rings. The summed E-state index contributed by atoms with van der Waals surface area (Å²) >= 11 is 0. The second-order valence-corrected chi connectivity index (χ2v) is 16.4. The second kappa shape index (κ2) is 24.1. The molecule has 13 N–H and O–H groups in total. The number of aromatic nitrogens is 1. The second-order valence-electron chi connectivity index (χ2n) is 16.4. The molecule has 7 unspecified atom stereocenters. The summed E-state index contributed by atoms with van der Waals surface area (Å²) in [6.07, 6.45) is -0.575. The highest BCUT2D eigenvalue weighted by molar-refractivity contribution is 5.98. The number of nitrogens with two attached hydrogens (primary N) is 2. The van der Waals surface area contributed by atoms with Crippen LogP contribution in [0.4, 0.5) is 0 Å². The van der Waals surface area contributed by atoms with Crippen molar-refractivity contribution in [2.75, 3.05) is 6.54 Å². The number of fused-ring (bicyclic) bond motifs is 1. The summed E-state index contributed by atoms with van der Waals surface area (Å²) < 4.78 is 0. The van der Waals surface area contributed by atoms with Gasteiger partial charge in [0.25, 0.3) is 0 Å². The van der Waals surface area contributed by atoms with Crippen LogP contribution >= 0.6 is 0 Å². The van der Waals surface area contributed by atoms with Crippen LogP contribution in [0.15, 0.2) is 60.8 Å². The zero-order valence-electron chi connectivity index (χ0n) is 36.5. The number of aliphatic carboxylic acids is 3.